The van der Waals surface area contributed by atoms with Gasteiger partial charge in [0.25, 0.3) is 11.8 Å². The number of amides is 1. The van der Waals surface area contributed by atoms with Crippen LogP contribution in [0, 0.1) is 5.82 Å². The molecule has 3 N–H and O–H groups in total. The van der Waals surface area contributed by atoms with Gasteiger partial charge in [0.05, 0.1) is 5.02 Å². The minimum absolute atomic E-state index is 0.0551. The maximum absolute atomic E-state index is 14.3. The number of halogens is 4. The second kappa shape index (κ2) is 7.20. The Morgan fingerprint density at radius 1 is 1.48 bits per heavy atom. The van der Waals surface area contributed by atoms with Crippen molar-refractivity contribution in [2.45, 2.75) is 12.0 Å². The number of hydrogen-bond acceptors (Lipinski definition) is 5. The van der Waals surface area contributed by atoms with Gasteiger partial charge in [0, 0.05) is 24.5 Å². The smallest absolute Gasteiger partial charge is 0.297 e. The molecule has 3 rings (SSSR count). The van der Waals surface area contributed by atoms with Gasteiger partial charge in [0.15, 0.2) is 5.69 Å². The van der Waals surface area contributed by atoms with Crippen LogP contribution in [-0.2, 0) is 11.8 Å². The second-order valence-electron chi connectivity index (χ2n) is 5.97. The molecule has 1 unspecified atom stereocenters. The summed E-state index contributed by atoms with van der Waals surface area (Å²) in [5.74, 6) is -5.23. The molecule has 144 valence electrons. The molecule has 1 aromatic heterocycles. The number of carbonyl (C=O) groups is 1. The minimum Gasteiger partial charge on any atom is -0.386 e. The molecule has 7 nitrogen and oxygen atoms in total. The number of aliphatic imine (C=N–C) groups is 1. The number of benzene rings is 1. The van der Waals surface area contributed by atoms with E-state index >= 15 is 0 Å². The largest absolute Gasteiger partial charge is 0.386 e. The van der Waals surface area contributed by atoms with Crippen LogP contribution in [0.3, 0.4) is 0 Å². The number of aromatic nitrogens is 2. The molecule has 27 heavy (non-hydrogen) atoms. The highest BCUT2D eigenvalue weighted by Gasteiger charge is 2.44. The lowest BCUT2D eigenvalue weighted by molar-refractivity contribution is -0.0831. The van der Waals surface area contributed by atoms with Crippen LogP contribution in [0.4, 0.5) is 18.9 Å². The van der Waals surface area contributed by atoms with Crippen molar-refractivity contribution >= 4 is 29.0 Å². The van der Waals surface area contributed by atoms with Crippen molar-refractivity contribution in [2.75, 3.05) is 18.5 Å². The van der Waals surface area contributed by atoms with Crippen LogP contribution in [0.2, 0.25) is 5.02 Å². The first-order chi connectivity index (χ1) is 12.7. The van der Waals surface area contributed by atoms with Gasteiger partial charge in [-0.3, -0.25) is 14.5 Å². The predicted octanol–water partition coefficient (Wildman–Crippen LogP) is 2.53. The summed E-state index contributed by atoms with van der Waals surface area (Å²) in [5, 5.41) is 6.47. The SMILES string of the molecule is Cn1cc(Cl)c(C(=O)Nc2ccc(F)c(C3N=C(N)COCC3(F)F)c2)n1. The van der Waals surface area contributed by atoms with Crippen LogP contribution >= 0.6 is 11.6 Å². The minimum atomic E-state index is -3.48. The lowest BCUT2D eigenvalue weighted by atomic mass is 10.00. The zero-order chi connectivity index (χ0) is 19.8. The van der Waals surface area contributed by atoms with E-state index in [-0.39, 0.29) is 28.8 Å². The first-order valence-electron chi connectivity index (χ1n) is 7.75. The van der Waals surface area contributed by atoms with Crippen molar-refractivity contribution in [1.29, 1.82) is 0 Å². The molecule has 0 aliphatic carbocycles. The number of aryl methyl sites for hydroxylation is 1. The lowest BCUT2D eigenvalue weighted by Crippen LogP contribution is -2.30. The molecule has 0 saturated heterocycles. The monoisotopic (exact) mass is 401 g/mol. The predicted molar refractivity (Wildman–Crippen MR) is 92.7 cm³/mol. The van der Waals surface area contributed by atoms with E-state index in [0.29, 0.717) is 0 Å². The first kappa shape index (κ1) is 19.2. The Bertz CT molecular complexity index is 915. The van der Waals surface area contributed by atoms with Crippen LogP contribution in [-0.4, -0.2) is 40.7 Å². The van der Waals surface area contributed by atoms with Gasteiger partial charge in [0.1, 0.15) is 30.9 Å². The molecule has 0 saturated carbocycles. The van der Waals surface area contributed by atoms with Crippen molar-refractivity contribution in [1.82, 2.24) is 9.78 Å². The van der Waals surface area contributed by atoms with E-state index in [9.17, 15) is 18.0 Å². The van der Waals surface area contributed by atoms with Crippen molar-refractivity contribution in [3.63, 3.8) is 0 Å². The molecule has 1 atom stereocenters. The number of hydrogen-bond donors (Lipinski definition) is 2. The number of carbonyl (C=O) groups excluding carboxylic acids is 1. The Kier molecular flexibility index (Phi) is 5.11. The summed E-state index contributed by atoms with van der Waals surface area (Å²) in [7, 11) is 1.58. The van der Waals surface area contributed by atoms with E-state index in [1.807, 2.05) is 0 Å². The molecule has 1 aliphatic heterocycles. The number of nitrogens with one attached hydrogen (secondary N) is 1. The number of rotatable bonds is 3. The Labute approximate surface area is 157 Å². The summed E-state index contributed by atoms with van der Waals surface area (Å²) >= 11 is 5.91. The quantitative estimate of drug-likeness (QED) is 0.826. The van der Waals surface area contributed by atoms with Gasteiger partial charge in [-0.15, -0.1) is 0 Å². The maximum atomic E-state index is 14.3. The topological polar surface area (TPSA) is 94.5 Å². The Morgan fingerprint density at radius 3 is 2.89 bits per heavy atom. The molecule has 1 amide bonds. The number of amidine groups is 1. The fraction of sp³-hybridized carbons (Fsp3) is 0.312. The summed E-state index contributed by atoms with van der Waals surface area (Å²) < 4.78 is 49.0. The van der Waals surface area contributed by atoms with Gasteiger partial charge in [-0.2, -0.15) is 5.10 Å². The van der Waals surface area contributed by atoms with Gasteiger partial charge in [-0.25, -0.2) is 13.2 Å². The Hall–Kier alpha value is -2.59. The molecule has 0 bridgehead atoms. The third-order valence-corrected chi connectivity index (χ3v) is 4.06. The molecular formula is C16H15ClF3N5O2. The Balaban J connectivity index is 1.93. The summed E-state index contributed by atoms with van der Waals surface area (Å²) in [4.78, 5) is 16.0. The van der Waals surface area contributed by atoms with Gasteiger partial charge in [-0.1, -0.05) is 11.6 Å². The maximum Gasteiger partial charge on any atom is 0.297 e. The zero-order valence-corrected chi connectivity index (χ0v) is 14.8. The van der Waals surface area contributed by atoms with E-state index in [2.05, 4.69) is 15.4 Å². The fourth-order valence-corrected chi connectivity index (χ4v) is 2.86. The molecule has 2 aromatic rings. The van der Waals surface area contributed by atoms with Crippen molar-refractivity contribution in [3.05, 3.63) is 46.5 Å². The highest BCUT2D eigenvalue weighted by Crippen LogP contribution is 2.38. The van der Waals surface area contributed by atoms with Crippen LogP contribution in [0.5, 0.6) is 0 Å². The summed E-state index contributed by atoms with van der Waals surface area (Å²) in [6.07, 6.45) is 1.43. The van der Waals surface area contributed by atoms with Crippen molar-refractivity contribution in [2.24, 2.45) is 17.8 Å². The Morgan fingerprint density at radius 2 is 2.22 bits per heavy atom. The number of ether oxygens (including phenoxy) is 1. The highest BCUT2D eigenvalue weighted by molar-refractivity contribution is 6.34. The fourth-order valence-electron chi connectivity index (χ4n) is 2.60. The number of anilines is 1. The van der Waals surface area contributed by atoms with Gasteiger partial charge < -0.3 is 15.8 Å². The summed E-state index contributed by atoms with van der Waals surface area (Å²) in [6, 6.07) is 1.38. The van der Waals surface area contributed by atoms with Gasteiger partial charge in [-0.05, 0) is 18.2 Å². The van der Waals surface area contributed by atoms with Crippen LogP contribution < -0.4 is 11.1 Å². The van der Waals surface area contributed by atoms with E-state index in [4.69, 9.17) is 22.1 Å². The molecule has 0 fully saturated rings. The van der Waals surface area contributed by atoms with E-state index in [1.54, 1.807) is 7.05 Å². The number of nitrogens with two attached hydrogens (primary N) is 1. The summed E-state index contributed by atoms with van der Waals surface area (Å²) in [6.45, 7) is -1.23. The molecule has 0 radical (unpaired) electrons. The molecule has 1 aromatic carbocycles. The third-order valence-electron chi connectivity index (χ3n) is 3.79. The highest BCUT2D eigenvalue weighted by atomic mass is 35.5. The molecular weight excluding hydrogens is 387 g/mol. The van der Waals surface area contributed by atoms with Crippen LogP contribution in [0.15, 0.2) is 29.4 Å². The third kappa shape index (κ3) is 4.06. The number of alkyl halides is 2. The molecule has 11 heteroatoms. The van der Waals surface area contributed by atoms with Gasteiger partial charge in [0.2, 0.25) is 0 Å². The molecule has 1 aliphatic rings. The lowest BCUT2D eigenvalue weighted by Gasteiger charge is -2.22. The molecule has 0 spiro atoms. The van der Waals surface area contributed by atoms with E-state index in [0.717, 1.165) is 12.1 Å². The van der Waals surface area contributed by atoms with Crippen molar-refractivity contribution in [3.8, 4) is 0 Å². The van der Waals surface area contributed by atoms with Crippen LogP contribution in [0.25, 0.3) is 0 Å². The average molecular weight is 402 g/mol. The first-order valence-corrected chi connectivity index (χ1v) is 8.13. The summed E-state index contributed by atoms with van der Waals surface area (Å²) in [5.41, 5.74) is 5.13. The normalized spacial score (nSPS) is 19.3. The number of nitrogens with zero attached hydrogens (tertiary/aromatic N) is 3. The average Bonchev–Trinajstić information content (AvgIpc) is 2.85. The second-order valence-corrected chi connectivity index (χ2v) is 6.37. The van der Waals surface area contributed by atoms with Gasteiger partial charge >= 0.3 is 0 Å². The van der Waals surface area contributed by atoms with E-state index in [1.165, 1.54) is 16.9 Å². The standard InChI is InChI=1S/C16H15ClF3N5O2/c1-25-5-10(17)13(24-25)15(26)22-8-2-3-11(18)9(4-8)14-16(19,20)7-27-6-12(21)23-14/h2-5,14H,6-7H2,1H3,(H2,21,23)(H,22,26). The van der Waals surface area contributed by atoms with E-state index < -0.39 is 35.9 Å². The van der Waals surface area contributed by atoms with Crippen molar-refractivity contribution < 1.29 is 22.7 Å². The molecule has 2 heterocycles. The van der Waals surface area contributed by atoms with Crippen LogP contribution in [0.1, 0.15) is 22.1 Å². The zero-order valence-electron chi connectivity index (χ0n) is 14.0.